The third-order valence-corrected chi connectivity index (χ3v) is 5.47. The van der Waals surface area contributed by atoms with E-state index in [9.17, 15) is 4.39 Å². The van der Waals surface area contributed by atoms with Crippen molar-refractivity contribution in [3.63, 3.8) is 0 Å². The third-order valence-electron chi connectivity index (χ3n) is 5.12. The van der Waals surface area contributed by atoms with Gasteiger partial charge in [0.05, 0.1) is 5.02 Å². The van der Waals surface area contributed by atoms with Crippen molar-refractivity contribution in [3.8, 4) is 5.75 Å². The quantitative estimate of drug-likeness (QED) is 0.326. The first-order chi connectivity index (χ1) is 14.6. The predicted molar refractivity (Wildman–Crippen MR) is 125 cm³/mol. The van der Waals surface area contributed by atoms with Crippen LogP contribution < -0.4 is 10.1 Å². The van der Waals surface area contributed by atoms with Crippen LogP contribution in [0.5, 0.6) is 5.75 Å². The van der Waals surface area contributed by atoms with E-state index in [1.54, 1.807) is 6.07 Å². The highest BCUT2D eigenvalue weighted by Crippen LogP contribution is 2.20. The van der Waals surface area contributed by atoms with Crippen molar-refractivity contribution < 1.29 is 9.13 Å². The maximum absolute atomic E-state index is 13.2. The van der Waals surface area contributed by atoms with Crippen LogP contribution in [-0.2, 0) is 13.2 Å². The van der Waals surface area contributed by atoms with E-state index in [-0.39, 0.29) is 5.82 Å². The fourth-order valence-electron chi connectivity index (χ4n) is 3.30. The van der Waals surface area contributed by atoms with Gasteiger partial charge in [-0.05, 0) is 75.3 Å². The number of rotatable bonds is 15. The molecule has 0 amide bonds. The Morgan fingerprint density at radius 1 is 0.967 bits per heavy atom. The van der Waals surface area contributed by atoms with Gasteiger partial charge in [-0.2, -0.15) is 0 Å². The molecular weight excluding hydrogens is 399 g/mol. The summed E-state index contributed by atoms with van der Waals surface area (Å²) >= 11 is 6.07. The first-order valence-corrected chi connectivity index (χ1v) is 11.6. The van der Waals surface area contributed by atoms with Crippen molar-refractivity contribution in [2.24, 2.45) is 0 Å². The standard InChI is InChI=1S/C25H36ClFN2O/c1-3-5-14-29(15-6-4-2)16-8-13-28-19-21-9-7-10-24(17-21)30-20-22-11-12-23(27)18-25(22)26/h7,9-12,17-18,28H,3-6,8,13-16,19-20H2,1-2H3. The second kappa shape index (κ2) is 14.4. The smallest absolute Gasteiger partial charge is 0.124 e. The number of benzene rings is 2. The summed E-state index contributed by atoms with van der Waals surface area (Å²) in [5.41, 5.74) is 1.96. The zero-order valence-corrected chi connectivity index (χ0v) is 19.2. The predicted octanol–water partition coefficient (Wildman–Crippen LogP) is 6.44. The molecule has 2 aromatic rings. The Hall–Kier alpha value is -1.62. The molecular formula is C25H36ClFN2O. The van der Waals surface area contributed by atoms with Crippen LogP contribution in [0.15, 0.2) is 42.5 Å². The van der Waals surface area contributed by atoms with Crippen molar-refractivity contribution in [1.29, 1.82) is 0 Å². The molecule has 0 aliphatic rings. The van der Waals surface area contributed by atoms with Gasteiger partial charge in [-0.25, -0.2) is 4.39 Å². The van der Waals surface area contributed by atoms with E-state index >= 15 is 0 Å². The fraction of sp³-hybridized carbons (Fsp3) is 0.520. The van der Waals surface area contributed by atoms with Crippen LogP contribution in [0.25, 0.3) is 0 Å². The van der Waals surface area contributed by atoms with Gasteiger partial charge in [0.1, 0.15) is 18.2 Å². The molecule has 0 spiro atoms. The molecule has 5 heteroatoms. The van der Waals surface area contributed by atoms with Gasteiger partial charge in [0, 0.05) is 12.1 Å². The Morgan fingerprint density at radius 3 is 2.40 bits per heavy atom. The molecule has 0 aliphatic heterocycles. The molecule has 166 valence electrons. The number of hydrogen-bond donors (Lipinski definition) is 1. The van der Waals surface area contributed by atoms with Crippen LogP contribution in [0, 0.1) is 5.82 Å². The zero-order chi connectivity index (χ0) is 21.6. The maximum atomic E-state index is 13.2. The molecule has 3 nitrogen and oxygen atoms in total. The van der Waals surface area contributed by atoms with Crippen molar-refractivity contribution in [2.45, 2.75) is 59.1 Å². The molecule has 0 saturated carbocycles. The average Bonchev–Trinajstić information content (AvgIpc) is 2.74. The number of unbranched alkanes of at least 4 members (excludes halogenated alkanes) is 2. The van der Waals surface area contributed by atoms with Gasteiger partial charge in [-0.15, -0.1) is 0 Å². The third kappa shape index (κ3) is 9.46. The van der Waals surface area contributed by atoms with Crippen molar-refractivity contribution in [2.75, 3.05) is 26.2 Å². The van der Waals surface area contributed by atoms with E-state index in [1.807, 2.05) is 18.2 Å². The summed E-state index contributed by atoms with van der Waals surface area (Å²) in [4.78, 5) is 2.60. The van der Waals surface area contributed by atoms with Gasteiger partial charge in [0.2, 0.25) is 0 Å². The van der Waals surface area contributed by atoms with Gasteiger partial charge in [-0.3, -0.25) is 0 Å². The highest BCUT2D eigenvalue weighted by Gasteiger charge is 2.05. The van der Waals surface area contributed by atoms with E-state index in [1.165, 1.54) is 56.5 Å². The summed E-state index contributed by atoms with van der Waals surface area (Å²) in [5, 5.41) is 3.93. The summed E-state index contributed by atoms with van der Waals surface area (Å²) in [6, 6.07) is 12.4. The van der Waals surface area contributed by atoms with Gasteiger partial charge in [0.15, 0.2) is 0 Å². The van der Waals surface area contributed by atoms with Crippen LogP contribution in [0.2, 0.25) is 5.02 Å². The summed E-state index contributed by atoms with van der Waals surface area (Å²) in [7, 11) is 0. The minimum atomic E-state index is -0.337. The van der Waals surface area contributed by atoms with Crippen molar-refractivity contribution in [1.82, 2.24) is 10.2 Å². The molecule has 1 N–H and O–H groups in total. The van der Waals surface area contributed by atoms with Gasteiger partial charge < -0.3 is 15.0 Å². The minimum Gasteiger partial charge on any atom is -0.489 e. The Kier molecular flexibility index (Phi) is 11.8. The molecule has 2 rings (SSSR count). The second-order valence-electron chi connectivity index (χ2n) is 7.75. The van der Waals surface area contributed by atoms with Gasteiger partial charge in [0.25, 0.3) is 0 Å². The first kappa shape index (κ1) is 24.6. The Labute approximate surface area is 186 Å². The van der Waals surface area contributed by atoms with E-state index in [4.69, 9.17) is 16.3 Å². The highest BCUT2D eigenvalue weighted by molar-refractivity contribution is 6.31. The lowest BCUT2D eigenvalue weighted by Crippen LogP contribution is -2.29. The lowest BCUT2D eigenvalue weighted by atomic mass is 10.2. The van der Waals surface area contributed by atoms with Crippen LogP contribution in [0.3, 0.4) is 0 Å². The van der Waals surface area contributed by atoms with Crippen LogP contribution >= 0.6 is 11.6 Å². The molecule has 0 aromatic heterocycles. The van der Waals surface area contributed by atoms with E-state index in [0.29, 0.717) is 11.6 Å². The summed E-state index contributed by atoms with van der Waals surface area (Å²) in [5.74, 6) is 0.454. The second-order valence-corrected chi connectivity index (χ2v) is 8.16. The molecule has 0 radical (unpaired) electrons. The van der Waals surface area contributed by atoms with Crippen LogP contribution in [0.1, 0.15) is 57.1 Å². The average molecular weight is 435 g/mol. The molecule has 0 unspecified atom stereocenters. The topological polar surface area (TPSA) is 24.5 Å². The lowest BCUT2D eigenvalue weighted by molar-refractivity contribution is 0.261. The Balaban J connectivity index is 1.71. The van der Waals surface area contributed by atoms with Crippen molar-refractivity contribution in [3.05, 3.63) is 64.4 Å². The highest BCUT2D eigenvalue weighted by atomic mass is 35.5. The van der Waals surface area contributed by atoms with Gasteiger partial charge in [-0.1, -0.05) is 56.5 Å². The maximum Gasteiger partial charge on any atom is 0.124 e. The number of nitrogens with zero attached hydrogens (tertiary/aromatic N) is 1. The number of hydrogen-bond acceptors (Lipinski definition) is 3. The molecule has 2 aromatic carbocycles. The Morgan fingerprint density at radius 2 is 1.70 bits per heavy atom. The SMILES string of the molecule is CCCCN(CCCC)CCCNCc1cccc(OCc2ccc(F)cc2Cl)c1. The monoisotopic (exact) mass is 434 g/mol. The largest absolute Gasteiger partial charge is 0.489 e. The van der Waals surface area contributed by atoms with Crippen LogP contribution in [-0.4, -0.2) is 31.1 Å². The first-order valence-electron chi connectivity index (χ1n) is 11.2. The van der Waals surface area contributed by atoms with Crippen molar-refractivity contribution >= 4 is 11.6 Å². The van der Waals surface area contributed by atoms with E-state index in [2.05, 4.69) is 30.1 Å². The van der Waals surface area contributed by atoms with Gasteiger partial charge >= 0.3 is 0 Å². The summed E-state index contributed by atoms with van der Waals surface area (Å²) < 4.78 is 19.0. The molecule has 30 heavy (non-hydrogen) atoms. The number of nitrogens with one attached hydrogen (secondary N) is 1. The normalized spacial score (nSPS) is 11.2. The molecule has 0 atom stereocenters. The molecule has 0 saturated heterocycles. The minimum absolute atomic E-state index is 0.321. The summed E-state index contributed by atoms with van der Waals surface area (Å²) in [6.45, 7) is 10.2. The molecule has 0 heterocycles. The van der Waals surface area contributed by atoms with Crippen LogP contribution in [0.4, 0.5) is 4.39 Å². The molecule has 0 aliphatic carbocycles. The summed E-state index contributed by atoms with van der Waals surface area (Å²) in [6.07, 6.45) is 6.24. The zero-order valence-electron chi connectivity index (χ0n) is 18.4. The fourth-order valence-corrected chi connectivity index (χ4v) is 3.53. The Bertz CT molecular complexity index is 733. The molecule has 0 bridgehead atoms. The number of halogens is 2. The van der Waals surface area contributed by atoms with E-state index < -0.39 is 0 Å². The van der Waals surface area contributed by atoms with E-state index in [0.717, 1.165) is 37.4 Å². The lowest BCUT2D eigenvalue weighted by Gasteiger charge is -2.22. The molecule has 0 fully saturated rings. The number of ether oxygens (including phenoxy) is 1.